The van der Waals surface area contributed by atoms with Gasteiger partial charge in [-0.3, -0.25) is 4.79 Å². The number of aliphatic hydroxyl groups is 1. The Bertz CT molecular complexity index is 303. The maximum Gasteiger partial charge on any atom is 0.377 e. The molecule has 0 aliphatic heterocycles. The molecule has 0 amide bonds. The summed E-state index contributed by atoms with van der Waals surface area (Å²) in [5.41, 5.74) is 10.9. The fraction of sp³-hybridized carbons (Fsp3) is 0.818. The van der Waals surface area contributed by atoms with Crippen LogP contribution in [0.15, 0.2) is 0 Å². The number of nitrogens with two attached hydrogens (primary N) is 2. The van der Waals surface area contributed by atoms with Gasteiger partial charge in [-0.05, 0) is 31.4 Å². The van der Waals surface area contributed by atoms with E-state index in [4.69, 9.17) is 16.6 Å². The molecule has 2 atom stereocenters. The van der Waals surface area contributed by atoms with Gasteiger partial charge in [-0.2, -0.15) is 11.8 Å². The standard InChI is InChI=1S/C11H22N2O5S/c1-19-7-5-11(17,10(15)16)18-9(14)8(13)4-2-3-6-12/h8,17H,2-7,12-13H2,1H3,(H,15,16)/t8-,11?/m0/s1. The van der Waals surface area contributed by atoms with Crippen molar-refractivity contribution in [1.29, 1.82) is 0 Å². The molecule has 0 heterocycles. The molecule has 0 aromatic rings. The van der Waals surface area contributed by atoms with Crippen molar-refractivity contribution in [1.82, 2.24) is 0 Å². The SMILES string of the molecule is CSCCC(O)(OC(=O)[C@@H](N)CCCCN)C(=O)O. The number of aliphatic carboxylic acids is 1. The third-order valence-electron chi connectivity index (χ3n) is 2.52. The fourth-order valence-corrected chi connectivity index (χ4v) is 1.79. The van der Waals surface area contributed by atoms with Crippen molar-refractivity contribution in [2.45, 2.75) is 37.5 Å². The second kappa shape index (κ2) is 9.13. The van der Waals surface area contributed by atoms with Crippen molar-refractivity contribution >= 4 is 23.7 Å². The smallest absolute Gasteiger partial charge is 0.377 e. The number of ether oxygens (including phenoxy) is 1. The molecular formula is C11H22N2O5S. The Morgan fingerprint density at radius 3 is 2.53 bits per heavy atom. The van der Waals surface area contributed by atoms with E-state index in [-0.39, 0.29) is 6.42 Å². The van der Waals surface area contributed by atoms with Gasteiger partial charge in [-0.15, -0.1) is 0 Å². The van der Waals surface area contributed by atoms with Crippen LogP contribution in [0.5, 0.6) is 0 Å². The predicted molar refractivity (Wildman–Crippen MR) is 72.6 cm³/mol. The lowest BCUT2D eigenvalue weighted by Gasteiger charge is -2.24. The highest BCUT2D eigenvalue weighted by Gasteiger charge is 2.41. The highest BCUT2D eigenvalue weighted by Crippen LogP contribution is 2.17. The summed E-state index contributed by atoms with van der Waals surface area (Å²) in [5, 5.41) is 18.7. The molecule has 112 valence electrons. The number of hydrogen-bond donors (Lipinski definition) is 4. The summed E-state index contributed by atoms with van der Waals surface area (Å²) >= 11 is 1.34. The largest absolute Gasteiger partial charge is 0.476 e. The first kappa shape index (κ1) is 18.2. The molecule has 0 aliphatic rings. The number of esters is 1. The van der Waals surface area contributed by atoms with E-state index >= 15 is 0 Å². The Morgan fingerprint density at radius 1 is 1.42 bits per heavy atom. The van der Waals surface area contributed by atoms with Crippen molar-refractivity contribution in [3.05, 3.63) is 0 Å². The first-order valence-electron chi connectivity index (χ1n) is 6.00. The molecule has 8 heteroatoms. The zero-order valence-corrected chi connectivity index (χ0v) is 11.8. The number of unbranched alkanes of at least 4 members (excludes halogenated alkanes) is 1. The first-order valence-corrected chi connectivity index (χ1v) is 7.40. The summed E-state index contributed by atoms with van der Waals surface area (Å²) in [6, 6.07) is -0.952. The van der Waals surface area contributed by atoms with Crippen LogP contribution in [0.3, 0.4) is 0 Å². The van der Waals surface area contributed by atoms with Gasteiger partial charge in [0.15, 0.2) is 0 Å². The average molecular weight is 294 g/mol. The highest BCUT2D eigenvalue weighted by molar-refractivity contribution is 7.98. The number of carbonyl (C=O) groups is 2. The number of rotatable bonds is 10. The zero-order valence-electron chi connectivity index (χ0n) is 11.0. The van der Waals surface area contributed by atoms with Gasteiger partial charge < -0.3 is 26.4 Å². The molecule has 0 rings (SSSR count). The van der Waals surface area contributed by atoms with E-state index in [9.17, 15) is 14.7 Å². The zero-order chi connectivity index (χ0) is 14.9. The van der Waals surface area contributed by atoms with Crippen LogP contribution in [0.25, 0.3) is 0 Å². The molecular weight excluding hydrogens is 272 g/mol. The van der Waals surface area contributed by atoms with Crippen LogP contribution in [-0.4, -0.2) is 52.5 Å². The lowest BCUT2D eigenvalue weighted by atomic mass is 10.1. The summed E-state index contributed by atoms with van der Waals surface area (Å²) in [6.07, 6.45) is 3.27. The number of carboxylic acids is 1. The minimum absolute atomic E-state index is 0.190. The lowest BCUT2D eigenvalue weighted by Crippen LogP contribution is -2.47. The van der Waals surface area contributed by atoms with Crippen LogP contribution in [0.4, 0.5) is 0 Å². The first-order chi connectivity index (χ1) is 8.87. The summed E-state index contributed by atoms with van der Waals surface area (Å²) in [6.45, 7) is 0.495. The Labute approximate surface area is 116 Å². The fourth-order valence-electron chi connectivity index (χ4n) is 1.31. The van der Waals surface area contributed by atoms with Gasteiger partial charge in [0.25, 0.3) is 0 Å². The Balaban J connectivity index is 4.41. The monoisotopic (exact) mass is 294 g/mol. The third-order valence-corrected chi connectivity index (χ3v) is 3.13. The average Bonchev–Trinajstić information content (AvgIpc) is 2.36. The quantitative estimate of drug-likeness (QED) is 0.241. The Kier molecular flexibility index (Phi) is 8.73. The van der Waals surface area contributed by atoms with Crippen molar-refractivity contribution in [3.8, 4) is 0 Å². The summed E-state index contributed by atoms with van der Waals surface area (Å²) in [7, 11) is 0. The third kappa shape index (κ3) is 6.76. The molecule has 1 unspecified atom stereocenters. The Hall–Kier alpha value is -0.830. The van der Waals surface area contributed by atoms with E-state index in [1.165, 1.54) is 11.8 Å². The lowest BCUT2D eigenvalue weighted by molar-refractivity contribution is -0.224. The maximum absolute atomic E-state index is 11.6. The number of thioether (sulfide) groups is 1. The van der Waals surface area contributed by atoms with E-state index in [0.717, 1.165) is 6.42 Å². The number of carbonyl (C=O) groups excluding carboxylic acids is 1. The second-order valence-corrected chi connectivity index (χ2v) is 5.13. The van der Waals surface area contributed by atoms with Crippen molar-refractivity contribution in [3.63, 3.8) is 0 Å². The summed E-state index contributed by atoms with van der Waals surface area (Å²) in [5.74, 6) is -4.67. The summed E-state index contributed by atoms with van der Waals surface area (Å²) in [4.78, 5) is 22.6. The van der Waals surface area contributed by atoms with E-state index in [1.807, 2.05) is 0 Å². The maximum atomic E-state index is 11.6. The molecule has 0 radical (unpaired) electrons. The van der Waals surface area contributed by atoms with Crippen LogP contribution in [0.1, 0.15) is 25.7 Å². The minimum Gasteiger partial charge on any atom is -0.476 e. The van der Waals surface area contributed by atoms with Gasteiger partial charge >= 0.3 is 17.7 Å². The van der Waals surface area contributed by atoms with Crippen molar-refractivity contribution < 1.29 is 24.5 Å². The molecule has 0 bridgehead atoms. The molecule has 0 aromatic carbocycles. The van der Waals surface area contributed by atoms with E-state index in [1.54, 1.807) is 6.26 Å². The molecule has 0 spiro atoms. The number of hydrogen-bond acceptors (Lipinski definition) is 7. The van der Waals surface area contributed by atoms with Gasteiger partial charge in [0.1, 0.15) is 6.04 Å². The van der Waals surface area contributed by atoms with Crippen LogP contribution in [0.2, 0.25) is 0 Å². The van der Waals surface area contributed by atoms with Gasteiger partial charge in [0.2, 0.25) is 0 Å². The normalized spacial score (nSPS) is 15.6. The van der Waals surface area contributed by atoms with Crippen LogP contribution in [0, 0.1) is 0 Å². The summed E-state index contributed by atoms with van der Waals surface area (Å²) < 4.78 is 4.64. The molecule has 0 fully saturated rings. The second-order valence-electron chi connectivity index (χ2n) is 4.14. The van der Waals surface area contributed by atoms with Crippen molar-refractivity contribution in [2.24, 2.45) is 11.5 Å². The van der Waals surface area contributed by atoms with Gasteiger partial charge in [0.05, 0.1) is 0 Å². The van der Waals surface area contributed by atoms with Crippen LogP contribution < -0.4 is 11.5 Å². The molecule has 7 nitrogen and oxygen atoms in total. The molecule has 19 heavy (non-hydrogen) atoms. The molecule has 0 saturated carbocycles. The number of carboxylic acid groups (broad SMARTS) is 1. The minimum atomic E-state index is -2.51. The molecule has 0 saturated heterocycles. The Morgan fingerprint density at radius 2 is 2.05 bits per heavy atom. The van der Waals surface area contributed by atoms with Gasteiger partial charge in [0, 0.05) is 6.42 Å². The topological polar surface area (TPSA) is 136 Å². The van der Waals surface area contributed by atoms with Gasteiger partial charge in [-0.1, -0.05) is 6.42 Å². The molecule has 0 aromatic heterocycles. The highest BCUT2D eigenvalue weighted by atomic mass is 32.2. The van der Waals surface area contributed by atoms with E-state index < -0.39 is 23.8 Å². The molecule has 6 N–H and O–H groups in total. The van der Waals surface area contributed by atoms with Gasteiger partial charge in [-0.25, -0.2) is 4.79 Å². The molecule has 0 aliphatic carbocycles. The predicted octanol–water partition coefficient (Wildman–Crippen LogP) is -0.488. The van der Waals surface area contributed by atoms with Crippen LogP contribution in [-0.2, 0) is 14.3 Å². The van der Waals surface area contributed by atoms with E-state index in [2.05, 4.69) is 4.74 Å². The van der Waals surface area contributed by atoms with Crippen LogP contribution >= 0.6 is 11.8 Å². The van der Waals surface area contributed by atoms with E-state index in [0.29, 0.717) is 25.1 Å². The van der Waals surface area contributed by atoms with Crippen molar-refractivity contribution in [2.75, 3.05) is 18.6 Å².